The van der Waals surface area contributed by atoms with Crippen LogP contribution in [0.15, 0.2) is 24.3 Å². The van der Waals surface area contributed by atoms with Crippen molar-refractivity contribution in [3.8, 4) is 0 Å². The van der Waals surface area contributed by atoms with E-state index >= 15 is 0 Å². The number of fused-ring (bicyclic) bond motifs is 1. The minimum absolute atomic E-state index is 0.000302. The Morgan fingerprint density at radius 3 is 3.00 bits per heavy atom. The van der Waals surface area contributed by atoms with Crippen LogP contribution in [0.3, 0.4) is 0 Å². The molecule has 0 aliphatic heterocycles. The molecule has 0 saturated heterocycles. The van der Waals surface area contributed by atoms with E-state index in [9.17, 15) is 4.79 Å². The van der Waals surface area contributed by atoms with Gasteiger partial charge in [0.1, 0.15) is 6.10 Å². The lowest BCUT2D eigenvalue weighted by molar-refractivity contribution is -0.149. The van der Waals surface area contributed by atoms with Crippen molar-refractivity contribution < 1.29 is 9.53 Å². The highest BCUT2D eigenvalue weighted by molar-refractivity contribution is 5.69. The Bertz CT molecular complexity index is 384. The van der Waals surface area contributed by atoms with E-state index in [0.717, 1.165) is 32.1 Å². The highest BCUT2D eigenvalue weighted by Crippen LogP contribution is 2.33. The van der Waals surface area contributed by atoms with Gasteiger partial charge in [-0.25, -0.2) is 0 Å². The summed E-state index contributed by atoms with van der Waals surface area (Å²) in [7, 11) is 0. The first-order valence-corrected chi connectivity index (χ1v) is 6.58. The van der Waals surface area contributed by atoms with E-state index in [-0.39, 0.29) is 12.1 Å². The van der Waals surface area contributed by atoms with E-state index < -0.39 is 0 Å². The first-order valence-electron chi connectivity index (χ1n) is 6.58. The van der Waals surface area contributed by atoms with E-state index in [2.05, 4.69) is 19.1 Å². The Morgan fingerprint density at radius 2 is 2.18 bits per heavy atom. The van der Waals surface area contributed by atoms with Crippen LogP contribution in [0.5, 0.6) is 0 Å². The van der Waals surface area contributed by atoms with Crippen molar-refractivity contribution in [3.05, 3.63) is 35.4 Å². The molecular formula is C15H20O2. The highest BCUT2D eigenvalue weighted by Gasteiger charge is 2.24. The Hall–Kier alpha value is -1.31. The first kappa shape index (κ1) is 12.2. The Morgan fingerprint density at radius 1 is 1.35 bits per heavy atom. The van der Waals surface area contributed by atoms with Gasteiger partial charge >= 0.3 is 5.97 Å². The zero-order valence-corrected chi connectivity index (χ0v) is 10.4. The number of aryl methyl sites for hydroxylation is 1. The molecule has 0 aromatic heterocycles. The lowest BCUT2D eigenvalue weighted by atomic mass is 10.1. The Labute approximate surface area is 103 Å². The lowest BCUT2D eigenvalue weighted by Gasteiger charge is -2.13. The second kappa shape index (κ2) is 5.85. The first-order chi connectivity index (χ1) is 8.31. The van der Waals surface area contributed by atoms with Gasteiger partial charge in [0.25, 0.3) is 0 Å². The van der Waals surface area contributed by atoms with Crippen molar-refractivity contribution in [3.63, 3.8) is 0 Å². The fraction of sp³-hybridized carbons (Fsp3) is 0.533. The highest BCUT2D eigenvalue weighted by atomic mass is 16.5. The molecule has 1 aromatic rings. The van der Waals surface area contributed by atoms with Gasteiger partial charge in [0.05, 0.1) is 0 Å². The van der Waals surface area contributed by atoms with Crippen molar-refractivity contribution in [2.24, 2.45) is 0 Å². The third kappa shape index (κ3) is 3.09. The quantitative estimate of drug-likeness (QED) is 0.570. The maximum Gasteiger partial charge on any atom is 0.306 e. The van der Waals surface area contributed by atoms with E-state index in [0.29, 0.717) is 6.42 Å². The summed E-state index contributed by atoms with van der Waals surface area (Å²) < 4.78 is 5.55. The van der Waals surface area contributed by atoms with E-state index in [4.69, 9.17) is 4.74 Å². The minimum atomic E-state index is -0.0415. The molecule has 1 unspecified atom stereocenters. The maximum absolute atomic E-state index is 11.7. The summed E-state index contributed by atoms with van der Waals surface area (Å²) in [6.45, 7) is 2.14. The van der Waals surface area contributed by atoms with Gasteiger partial charge in [-0.3, -0.25) is 4.79 Å². The number of unbranched alkanes of at least 4 members (excludes halogenated alkanes) is 2. The van der Waals surface area contributed by atoms with E-state index in [1.54, 1.807) is 0 Å². The van der Waals surface area contributed by atoms with Gasteiger partial charge in [0.2, 0.25) is 0 Å². The summed E-state index contributed by atoms with van der Waals surface area (Å²) in [5, 5.41) is 0. The Balaban J connectivity index is 1.87. The molecule has 0 saturated carbocycles. The van der Waals surface area contributed by atoms with Crippen LogP contribution in [-0.4, -0.2) is 5.97 Å². The van der Waals surface area contributed by atoms with Crippen LogP contribution in [0.25, 0.3) is 0 Å². The molecule has 17 heavy (non-hydrogen) atoms. The summed E-state index contributed by atoms with van der Waals surface area (Å²) in [5.74, 6) is -0.0415. The normalized spacial score (nSPS) is 17.8. The van der Waals surface area contributed by atoms with Crippen LogP contribution in [-0.2, 0) is 16.0 Å². The molecule has 2 nitrogen and oxygen atoms in total. The zero-order chi connectivity index (χ0) is 12.1. The predicted octanol–water partition coefficient (Wildman–Crippen LogP) is 3.80. The average molecular weight is 232 g/mol. The smallest absolute Gasteiger partial charge is 0.306 e. The molecule has 0 radical (unpaired) electrons. The minimum Gasteiger partial charge on any atom is -0.457 e. The third-order valence-electron chi connectivity index (χ3n) is 3.34. The molecule has 2 rings (SSSR count). The summed E-state index contributed by atoms with van der Waals surface area (Å²) in [6.07, 6.45) is 5.73. The number of hydrogen-bond acceptors (Lipinski definition) is 2. The van der Waals surface area contributed by atoms with Gasteiger partial charge in [0.15, 0.2) is 0 Å². The monoisotopic (exact) mass is 232 g/mol. The number of esters is 1. The molecule has 0 heterocycles. The molecule has 0 spiro atoms. The third-order valence-corrected chi connectivity index (χ3v) is 3.34. The molecular weight excluding hydrogens is 212 g/mol. The van der Waals surface area contributed by atoms with Crippen LogP contribution < -0.4 is 0 Å². The van der Waals surface area contributed by atoms with Crippen molar-refractivity contribution in [2.75, 3.05) is 0 Å². The van der Waals surface area contributed by atoms with Crippen molar-refractivity contribution in [1.29, 1.82) is 0 Å². The molecule has 1 aliphatic carbocycles. The predicted molar refractivity (Wildman–Crippen MR) is 67.7 cm³/mol. The van der Waals surface area contributed by atoms with Gasteiger partial charge in [-0.1, -0.05) is 44.0 Å². The van der Waals surface area contributed by atoms with E-state index in [1.165, 1.54) is 11.1 Å². The zero-order valence-electron chi connectivity index (χ0n) is 10.4. The molecule has 0 N–H and O–H groups in total. The van der Waals surface area contributed by atoms with E-state index in [1.807, 2.05) is 12.1 Å². The van der Waals surface area contributed by atoms with Crippen molar-refractivity contribution in [2.45, 2.75) is 51.6 Å². The largest absolute Gasteiger partial charge is 0.457 e. The molecule has 0 amide bonds. The molecule has 1 aromatic carbocycles. The molecule has 0 bridgehead atoms. The van der Waals surface area contributed by atoms with Gasteiger partial charge < -0.3 is 4.74 Å². The summed E-state index contributed by atoms with van der Waals surface area (Å²) in [6, 6.07) is 8.26. The van der Waals surface area contributed by atoms with Gasteiger partial charge in [0, 0.05) is 6.42 Å². The van der Waals surface area contributed by atoms with Crippen LogP contribution >= 0.6 is 0 Å². The topological polar surface area (TPSA) is 26.3 Å². The number of carbonyl (C=O) groups excluding carboxylic acids is 1. The molecule has 92 valence electrons. The number of rotatable bonds is 5. The Kier molecular flexibility index (Phi) is 4.18. The second-order valence-corrected chi connectivity index (χ2v) is 4.67. The standard InChI is InChI=1S/C15H20O2/c1-2-3-4-9-15(16)17-14-11-10-12-7-5-6-8-13(12)14/h5-8,14H,2-4,9-11H2,1H3. The number of carbonyl (C=O) groups is 1. The van der Waals surface area contributed by atoms with Crippen molar-refractivity contribution >= 4 is 5.97 Å². The summed E-state index contributed by atoms with van der Waals surface area (Å²) in [5.41, 5.74) is 2.54. The van der Waals surface area contributed by atoms with Gasteiger partial charge in [-0.05, 0) is 30.4 Å². The van der Waals surface area contributed by atoms with Gasteiger partial charge in [-0.15, -0.1) is 0 Å². The fourth-order valence-electron chi connectivity index (χ4n) is 2.38. The summed E-state index contributed by atoms with van der Waals surface area (Å²) >= 11 is 0. The molecule has 0 fully saturated rings. The maximum atomic E-state index is 11.7. The average Bonchev–Trinajstić information content (AvgIpc) is 2.73. The fourth-order valence-corrected chi connectivity index (χ4v) is 2.38. The molecule has 2 heteroatoms. The lowest BCUT2D eigenvalue weighted by Crippen LogP contribution is -2.08. The number of benzene rings is 1. The number of hydrogen-bond donors (Lipinski definition) is 0. The number of ether oxygens (including phenoxy) is 1. The molecule has 1 aliphatic rings. The van der Waals surface area contributed by atoms with Gasteiger partial charge in [-0.2, -0.15) is 0 Å². The SMILES string of the molecule is CCCCCC(=O)OC1CCc2ccccc21. The van der Waals surface area contributed by atoms with Crippen LogP contribution in [0, 0.1) is 0 Å². The van der Waals surface area contributed by atoms with Crippen LogP contribution in [0.4, 0.5) is 0 Å². The molecule has 1 atom stereocenters. The van der Waals surface area contributed by atoms with Crippen molar-refractivity contribution in [1.82, 2.24) is 0 Å². The van der Waals surface area contributed by atoms with Crippen LogP contribution in [0.1, 0.15) is 56.3 Å². The van der Waals surface area contributed by atoms with Crippen LogP contribution in [0.2, 0.25) is 0 Å². The second-order valence-electron chi connectivity index (χ2n) is 4.67. The summed E-state index contributed by atoms with van der Waals surface area (Å²) in [4.78, 5) is 11.7.